The van der Waals surface area contributed by atoms with Gasteiger partial charge in [0.05, 0.1) is 0 Å². The van der Waals surface area contributed by atoms with Crippen LogP contribution in [-0.2, 0) is 26.4 Å². The molecule has 7 heteroatoms. The Labute approximate surface area is 213 Å². The number of hydrogen-bond donors (Lipinski definition) is 0. The average molecular weight is 486 g/mol. The summed E-state index contributed by atoms with van der Waals surface area (Å²) in [6.07, 6.45) is 2.91. The maximum absolute atomic E-state index is 13.4. The van der Waals surface area contributed by atoms with Crippen molar-refractivity contribution in [3.63, 3.8) is 0 Å². The Morgan fingerprint density at radius 3 is 2.36 bits per heavy atom. The number of ketones is 1. The fourth-order valence-electron chi connectivity index (χ4n) is 5.62. The van der Waals surface area contributed by atoms with Gasteiger partial charge in [0.25, 0.3) is 5.91 Å². The van der Waals surface area contributed by atoms with Crippen LogP contribution in [0.15, 0.2) is 54.6 Å². The average Bonchev–Trinajstić information content (AvgIpc) is 3.24. The summed E-state index contributed by atoms with van der Waals surface area (Å²) in [7, 11) is 3.82. The molecular weight excluding hydrogens is 450 g/mol. The lowest BCUT2D eigenvalue weighted by atomic mass is 9.89. The largest absolute Gasteiger partial charge is 0.369 e. The summed E-state index contributed by atoms with van der Waals surface area (Å²) >= 11 is 0. The highest BCUT2D eigenvalue weighted by atomic mass is 16.2. The third-order valence-corrected chi connectivity index (χ3v) is 7.71. The van der Waals surface area contributed by atoms with E-state index in [0.717, 1.165) is 62.1 Å². The van der Waals surface area contributed by atoms with Gasteiger partial charge in [-0.25, -0.2) is 0 Å². The van der Waals surface area contributed by atoms with E-state index >= 15 is 0 Å². The van der Waals surface area contributed by atoms with E-state index in [1.54, 1.807) is 11.8 Å². The van der Waals surface area contributed by atoms with Crippen LogP contribution in [-0.4, -0.2) is 70.5 Å². The van der Waals surface area contributed by atoms with Gasteiger partial charge in [-0.3, -0.25) is 19.2 Å². The van der Waals surface area contributed by atoms with Gasteiger partial charge in [0, 0.05) is 75.4 Å². The van der Waals surface area contributed by atoms with Gasteiger partial charge in [0.15, 0.2) is 11.5 Å². The quantitative estimate of drug-likeness (QED) is 0.500. The molecule has 2 heterocycles. The summed E-state index contributed by atoms with van der Waals surface area (Å²) in [4.78, 5) is 31.7. The predicted molar refractivity (Wildman–Crippen MR) is 141 cm³/mol. The first-order valence-corrected chi connectivity index (χ1v) is 12.8. The molecule has 7 nitrogen and oxygen atoms in total. The molecule has 188 valence electrons. The molecule has 1 fully saturated rings. The van der Waals surface area contributed by atoms with Gasteiger partial charge in [0.1, 0.15) is 0 Å². The van der Waals surface area contributed by atoms with Gasteiger partial charge >= 0.3 is 0 Å². The maximum Gasteiger partial charge on any atom is 0.274 e. The molecule has 1 saturated heterocycles. The van der Waals surface area contributed by atoms with E-state index in [1.807, 2.05) is 61.2 Å². The lowest BCUT2D eigenvalue weighted by Crippen LogP contribution is -2.52. The molecule has 36 heavy (non-hydrogen) atoms. The smallest absolute Gasteiger partial charge is 0.274 e. The van der Waals surface area contributed by atoms with Crippen LogP contribution in [0.5, 0.6) is 0 Å². The van der Waals surface area contributed by atoms with Crippen molar-refractivity contribution in [1.82, 2.24) is 19.6 Å². The minimum Gasteiger partial charge on any atom is -0.369 e. The number of fused-ring (bicyclic) bond motifs is 1. The highest BCUT2D eigenvalue weighted by Crippen LogP contribution is 2.29. The van der Waals surface area contributed by atoms with E-state index in [4.69, 9.17) is 0 Å². The molecule has 1 amide bonds. The van der Waals surface area contributed by atoms with Crippen LogP contribution >= 0.6 is 0 Å². The molecule has 1 aliphatic carbocycles. The molecule has 0 unspecified atom stereocenters. The number of rotatable bonds is 6. The number of nitrogens with zero attached hydrogens (tertiary/aromatic N) is 5. The number of benzene rings is 2. The standard InChI is InChI=1S/C29H35N5O2/c1-21(35)23-9-11-24(12-10-23)33-15-17-34(18-16-33)25-13-14-27-26(19-25)28(30-32(27)3)29(36)31(2)20-22-7-5-4-6-8-22/h4-12,25H,13-20H2,1-3H3/t25-/m1/s1. The summed E-state index contributed by atoms with van der Waals surface area (Å²) in [5.74, 6) is 0.0951. The van der Waals surface area contributed by atoms with Gasteiger partial charge in [-0.05, 0) is 56.0 Å². The van der Waals surface area contributed by atoms with Crippen molar-refractivity contribution < 1.29 is 9.59 Å². The highest BCUT2D eigenvalue weighted by molar-refractivity contribution is 5.94. The minimum absolute atomic E-state index is 0.00446. The second-order valence-electron chi connectivity index (χ2n) is 10.1. The van der Waals surface area contributed by atoms with E-state index in [2.05, 4.69) is 27.0 Å². The van der Waals surface area contributed by atoms with Crippen molar-refractivity contribution in [2.45, 2.75) is 38.8 Å². The molecule has 0 radical (unpaired) electrons. The maximum atomic E-state index is 13.4. The summed E-state index contributed by atoms with van der Waals surface area (Å²) in [6.45, 7) is 6.08. The third kappa shape index (κ3) is 4.93. The first kappa shape index (κ1) is 24.3. The molecule has 2 aliphatic rings. The number of aryl methyl sites for hydroxylation is 1. The molecule has 1 aliphatic heterocycles. The normalized spacial score (nSPS) is 18.1. The monoisotopic (exact) mass is 485 g/mol. The SMILES string of the molecule is CC(=O)c1ccc(N2CCN([C@@H]3CCc4c(c(C(=O)N(C)Cc5ccccc5)nn4C)C3)CC2)cc1. The Morgan fingerprint density at radius 2 is 1.69 bits per heavy atom. The Kier molecular flexibility index (Phi) is 6.92. The predicted octanol–water partition coefficient (Wildman–Crippen LogP) is 3.57. The van der Waals surface area contributed by atoms with Crippen LogP contribution in [0, 0.1) is 0 Å². The lowest BCUT2D eigenvalue weighted by molar-refractivity contribution is 0.0776. The van der Waals surface area contributed by atoms with E-state index in [1.165, 1.54) is 11.4 Å². The molecule has 0 spiro atoms. The number of anilines is 1. The van der Waals surface area contributed by atoms with Gasteiger partial charge in [-0.15, -0.1) is 0 Å². The fraction of sp³-hybridized carbons (Fsp3) is 0.414. The van der Waals surface area contributed by atoms with Crippen molar-refractivity contribution in [3.05, 3.63) is 82.7 Å². The van der Waals surface area contributed by atoms with Crippen molar-refractivity contribution in [1.29, 1.82) is 0 Å². The van der Waals surface area contributed by atoms with Crippen LogP contribution in [0.25, 0.3) is 0 Å². The fourth-order valence-corrected chi connectivity index (χ4v) is 5.62. The van der Waals surface area contributed by atoms with Crippen LogP contribution in [0.1, 0.15) is 51.0 Å². The van der Waals surface area contributed by atoms with Gasteiger partial charge < -0.3 is 9.80 Å². The Morgan fingerprint density at radius 1 is 1.00 bits per heavy atom. The Hall–Kier alpha value is -3.45. The lowest BCUT2D eigenvalue weighted by Gasteiger charge is -2.41. The van der Waals surface area contributed by atoms with Crippen LogP contribution in [0.3, 0.4) is 0 Å². The summed E-state index contributed by atoms with van der Waals surface area (Å²) in [5.41, 5.74) is 5.98. The highest BCUT2D eigenvalue weighted by Gasteiger charge is 2.33. The molecule has 1 atom stereocenters. The first-order valence-electron chi connectivity index (χ1n) is 12.8. The summed E-state index contributed by atoms with van der Waals surface area (Å²) < 4.78 is 1.91. The molecule has 5 rings (SSSR count). The number of carbonyl (C=O) groups excluding carboxylic acids is 2. The molecule has 1 aromatic heterocycles. The van der Waals surface area contributed by atoms with E-state index in [9.17, 15) is 9.59 Å². The van der Waals surface area contributed by atoms with Gasteiger partial charge in [-0.2, -0.15) is 5.10 Å². The Balaban J connectivity index is 1.24. The van der Waals surface area contributed by atoms with Crippen molar-refractivity contribution in [3.8, 4) is 0 Å². The van der Waals surface area contributed by atoms with Gasteiger partial charge in [0.2, 0.25) is 0 Å². The zero-order valence-electron chi connectivity index (χ0n) is 21.5. The van der Waals surface area contributed by atoms with Crippen molar-refractivity contribution >= 4 is 17.4 Å². The number of piperazine rings is 1. The number of carbonyl (C=O) groups is 2. The first-order chi connectivity index (χ1) is 17.4. The topological polar surface area (TPSA) is 61.7 Å². The van der Waals surface area contributed by atoms with E-state index < -0.39 is 0 Å². The number of Topliss-reactive ketones (excluding diaryl/α,β-unsaturated/α-hetero) is 1. The second-order valence-corrected chi connectivity index (χ2v) is 10.1. The molecule has 0 N–H and O–H groups in total. The van der Waals surface area contributed by atoms with E-state index in [-0.39, 0.29) is 11.7 Å². The molecule has 2 aromatic carbocycles. The van der Waals surface area contributed by atoms with E-state index in [0.29, 0.717) is 18.3 Å². The number of aromatic nitrogens is 2. The van der Waals surface area contributed by atoms with Crippen LogP contribution < -0.4 is 4.90 Å². The summed E-state index contributed by atoms with van der Waals surface area (Å²) in [6, 6.07) is 18.5. The molecular formula is C29H35N5O2. The zero-order chi connectivity index (χ0) is 25.2. The minimum atomic E-state index is -0.00446. The van der Waals surface area contributed by atoms with Crippen LogP contribution in [0.2, 0.25) is 0 Å². The number of hydrogen-bond acceptors (Lipinski definition) is 5. The number of amides is 1. The second kappa shape index (κ2) is 10.3. The molecule has 0 bridgehead atoms. The van der Waals surface area contributed by atoms with Crippen LogP contribution in [0.4, 0.5) is 5.69 Å². The van der Waals surface area contributed by atoms with Gasteiger partial charge in [-0.1, -0.05) is 30.3 Å². The van der Waals surface area contributed by atoms with Crippen molar-refractivity contribution in [2.24, 2.45) is 7.05 Å². The summed E-state index contributed by atoms with van der Waals surface area (Å²) in [5, 5.41) is 4.68. The molecule has 0 saturated carbocycles. The van der Waals surface area contributed by atoms with Crippen molar-refractivity contribution in [2.75, 3.05) is 38.1 Å². The zero-order valence-corrected chi connectivity index (χ0v) is 21.5. The Bertz CT molecular complexity index is 1230. The third-order valence-electron chi connectivity index (χ3n) is 7.71. The molecule has 3 aromatic rings.